The number of hydrogen-bond donors (Lipinski definition) is 2. The zero-order valence-electron chi connectivity index (χ0n) is 11.1. The van der Waals surface area contributed by atoms with Crippen molar-refractivity contribution in [2.24, 2.45) is 0 Å². The minimum atomic E-state index is -0.151. The van der Waals surface area contributed by atoms with Gasteiger partial charge in [0.15, 0.2) is 0 Å². The minimum Gasteiger partial charge on any atom is -0.367 e. The molecule has 2 N–H and O–H groups in total. The first-order valence-electron chi connectivity index (χ1n) is 6.45. The van der Waals surface area contributed by atoms with Crippen LogP contribution in [0.25, 0.3) is 0 Å². The van der Waals surface area contributed by atoms with Gasteiger partial charge in [-0.25, -0.2) is 0 Å². The Bertz CT molecular complexity index is 593. The molecule has 3 rings (SSSR count). The van der Waals surface area contributed by atoms with Gasteiger partial charge in [-0.05, 0) is 43.2 Å². The maximum absolute atomic E-state index is 6.14. The second-order valence-corrected chi connectivity index (χ2v) is 5.91. The SMILES string of the molecule is CC1(C)Nc2ccc(Cl)cc2C(c2ccccc2)N1. The predicted molar refractivity (Wildman–Crippen MR) is 80.6 cm³/mol. The van der Waals surface area contributed by atoms with E-state index in [1.807, 2.05) is 18.2 Å². The van der Waals surface area contributed by atoms with Crippen LogP contribution in [-0.4, -0.2) is 5.66 Å². The lowest BCUT2D eigenvalue weighted by atomic mass is 9.92. The number of fused-ring (bicyclic) bond motifs is 1. The van der Waals surface area contributed by atoms with Crippen LogP contribution in [0.5, 0.6) is 0 Å². The van der Waals surface area contributed by atoms with Crippen molar-refractivity contribution in [3.05, 3.63) is 64.7 Å². The van der Waals surface area contributed by atoms with Crippen molar-refractivity contribution in [3.63, 3.8) is 0 Å². The lowest BCUT2D eigenvalue weighted by molar-refractivity contribution is 0.387. The number of anilines is 1. The number of hydrogen-bond acceptors (Lipinski definition) is 2. The number of rotatable bonds is 1. The molecule has 2 nitrogen and oxygen atoms in total. The Balaban J connectivity index is 2.12. The Kier molecular flexibility index (Phi) is 3.00. The molecule has 0 saturated heterocycles. The highest BCUT2D eigenvalue weighted by Crippen LogP contribution is 2.36. The van der Waals surface area contributed by atoms with Gasteiger partial charge in [-0.1, -0.05) is 41.9 Å². The predicted octanol–water partition coefficient (Wildman–Crippen LogP) is 4.18. The molecule has 0 amide bonds. The van der Waals surface area contributed by atoms with E-state index in [0.29, 0.717) is 0 Å². The summed E-state index contributed by atoms with van der Waals surface area (Å²) in [4.78, 5) is 0. The smallest absolute Gasteiger partial charge is 0.0831 e. The van der Waals surface area contributed by atoms with Crippen LogP contribution in [0, 0.1) is 0 Å². The van der Waals surface area contributed by atoms with E-state index in [9.17, 15) is 0 Å². The van der Waals surface area contributed by atoms with Crippen molar-refractivity contribution in [3.8, 4) is 0 Å². The average Bonchev–Trinajstić information content (AvgIpc) is 2.39. The quantitative estimate of drug-likeness (QED) is 0.814. The van der Waals surface area contributed by atoms with Crippen molar-refractivity contribution in [1.82, 2.24) is 5.32 Å². The van der Waals surface area contributed by atoms with Crippen LogP contribution in [-0.2, 0) is 0 Å². The van der Waals surface area contributed by atoms with Crippen LogP contribution in [0.3, 0.4) is 0 Å². The molecule has 0 spiro atoms. The maximum Gasteiger partial charge on any atom is 0.0831 e. The number of benzene rings is 2. The molecule has 2 aromatic rings. The largest absolute Gasteiger partial charge is 0.367 e. The second-order valence-electron chi connectivity index (χ2n) is 5.47. The fourth-order valence-electron chi connectivity index (χ4n) is 2.61. The Hall–Kier alpha value is -1.51. The third-order valence-electron chi connectivity index (χ3n) is 3.41. The Labute approximate surface area is 118 Å². The highest BCUT2D eigenvalue weighted by molar-refractivity contribution is 6.30. The molecule has 0 aliphatic carbocycles. The molecule has 0 saturated carbocycles. The van der Waals surface area contributed by atoms with Crippen molar-refractivity contribution in [2.45, 2.75) is 25.6 Å². The topological polar surface area (TPSA) is 24.1 Å². The van der Waals surface area contributed by atoms with E-state index in [2.05, 4.69) is 54.8 Å². The van der Waals surface area contributed by atoms with Gasteiger partial charge < -0.3 is 5.32 Å². The lowest BCUT2D eigenvalue weighted by Gasteiger charge is -2.40. The zero-order valence-corrected chi connectivity index (χ0v) is 11.8. The molecule has 0 fully saturated rings. The summed E-state index contributed by atoms with van der Waals surface area (Å²) in [6.45, 7) is 4.28. The molecule has 98 valence electrons. The summed E-state index contributed by atoms with van der Waals surface area (Å²) in [6, 6.07) is 16.6. The van der Waals surface area contributed by atoms with Gasteiger partial charge in [-0.2, -0.15) is 0 Å². The molecular weight excluding hydrogens is 256 g/mol. The molecule has 19 heavy (non-hydrogen) atoms. The number of nitrogens with one attached hydrogen (secondary N) is 2. The minimum absolute atomic E-state index is 0.151. The molecule has 0 aromatic heterocycles. The summed E-state index contributed by atoms with van der Waals surface area (Å²) in [7, 11) is 0. The van der Waals surface area contributed by atoms with Crippen molar-refractivity contribution in [1.29, 1.82) is 0 Å². The van der Waals surface area contributed by atoms with Gasteiger partial charge in [0.2, 0.25) is 0 Å². The standard InChI is InChI=1S/C16H17ClN2/c1-16(2)18-14-9-8-12(17)10-13(14)15(19-16)11-6-4-3-5-7-11/h3-10,15,18-19H,1-2H3. The Morgan fingerprint density at radius 1 is 1.05 bits per heavy atom. The van der Waals surface area contributed by atoms with Gasteiger partial charge in [0.1, 0.15) is 0 Å². The monoisotopic (exact) mass is 272 g/mol. The highest BCUT2D eigenvalue weighted by Gasteiger charge is 2.31. The molecule has 0 bridgehead atoms. The van der Waals surface area contributed by atoms with E-state index in [-0.39, 0.29) is 11.7 Å². The van der Waals surface area contributed by atoms with Crippen LogP contribution in [0.4, 0.5) is 5.69 Å². The molecule has 0 radical (unpaired) electrons. The van der Waals surface area contributed by atoms with Crippen molar-refractivity contribution < 1.29 is 0 Å². The zero-order chi connectivity index (χ0) is 13.5. The van der Waals surface area contributed by atoms with Crippen molar-refractivity contribution in [2.75, 3.05) is 5.32 Å². The average molecular weight is 273 g/mol. The highest BCUT2D eigenvalue weighted by atomic mass is 35.5. The molecule has 3 heteroatoms. The van der Waals surface area contributed by atoms with Crippen LogP contribution < -0.4 is 10.6 Å². The summed E-state index contributed by atoms with van der Waals surface area (Å²) in [5.41, 5.74) is 3.43. The van der Waals surface area contributed by atoms with E-state index in [4.69, 9.17) is 11.6 Å². The molecule has 1 atom stereocenters. The Morgan fingerprint density at radius 3 is 2.53 bits per heavy atom. The van der Waals surface area contributed by atoms with Gasteiger partial charge in [0, 0.05) is 10.7 Å². The first kappa shape index (κ1) is 12.5. The summed E-state index contributed by atoms with van der Waals surface area (Å²) in [5.74, 6) is 0. The summed E-state index contributed by atoms with van der Waals surface area (Å²) >= 11 is 6.14. The normalized spacial score (nSPS) is 20.5. The third-order valence-corrected chi connectivity index (χ3v) is 3.64. The molecule has 1 heterocycles. The molecule has 2 aromatic carbocycles. The summed E-state index contributed by atoms with van der Waals surface area (Å²) < 4.78 is 0. The fourth-order valence-corrected chi connectivity index (χ4v) is 2.79. The molecule has 1 aliphatic rings. The van der Waals surface area contributed by atoms with Crippen LogP contribution in [0.15, 0.2) is 48.5 Å². The van der Waals surface area contributed by atoms with Crippen LogP contribution in [0.1, 0.15) is 31.0 Å². The lowest BCUT2D eigenvalue weighted by Crippen LogP contribution is -2.51. The van der Waals surface area contributed by atoms with E-state index in [0.717, 1.165) is 10.7 Å². The van der Waals surface area contributed by atoms with E-state index in [1.54, 1.807) is 0 Å². The van der Waals surface area contributed by atoms with Gasteiger partial charge in [0.25, 0.3) is 0 Å². The van der Waals surface area contributed by atoms with Crippen LogP contribution in [0.2, 0.25) is 5.02 Å². The van der Waals surface area contributed by atoms with Gasteiger partial charge in [-0.3, -0.25) is 5.32 Å². The first-order chi connectivity index (χ1) is 9.05. The number of halogens is 1. The van der Waals surface area contributed by atoms with Crippen molar-refractivity contribution >= 4 is 17.3 Å². The maximum atomic E-state index is 6.14. The van der Waals surface area contributed by atoms with E-state index < -0.39 is 0 Å². The van der Waals surface area contributed by atoms with E-state index >= 15 is 0 Å². The van der Waals surface area contributed by atoms with Gasteiger partial charge in [-0.15, -0.1) is 0 Å². The molecule has 1 unspecified atom stereocenters. The second kappa shape index (κ2) is 4.55. The van der Waals surface area contributed by atoms with Crippen LogP contribution >= 0.6 is 11.6 Å². The summed E-state index contributed by atoms with van der Waals surface area (Å²) in [6.07, 6.45) is 0. The fraction of sp³-hybridized carbons (Fsp3) is 0.250. The molecular formula is C16H17ClN2. The van der Waals surface area contributed by atoms with E-state index in [1.165, 1.54) is 11.1 Å². The third kappa shape index (κ3) is 2.46. The summed E-state index contributed by atoms with van der Waals surface area (Å²) in [5, 5.41) is 7.88. The molecule has 1 aliphatic heterocycles. The van der Waals surface area contributed by atoms with Gasteiger partial charge in [0.05, 0.1) is 11.7 Å². The Morgan fingerprint density at radius 2 is 1.79 bits per heavy atom. The first-order valence-corrected chi connectivity index (χ1v) is 6.83. The van der Waals surface area contributed by atoms with Gasteiger partial charge >= 0.3 is 0 Å².